The topological polar surface area (TPSA) is 60.8 Å². The molecular formula is C19H16BrF3N4O. The molecule has 1 aromatic carbocycles. The third-order valence-corrected chi connectivity index (χ3v) is 4.96. The molecule has 0 spiro atoms. The van der Waals surface area contributed by atoms with E-state index in [1.165, 1.54) is 6.07 Å². The Kier molecular flexibility index (Phi) is 4.95. The van der Waals surface area contributed by atoms with Crippen molar-refractivity contribution in [1.29, 1.82) is 0 Å². The summed E-state index contributed by atoms with van der Waals surface area (Å²) in [6, 6.07) is 3.32. The zero-order chi connectivity index (χ0) is 19.9. The summed E-state index contributed by atoms with van der Waals surface area (Å²) in [4.78, 5) is 15.8. The second-order valence-electron chi connectivity index (χ2n) is 6.92. The smallest absolute Gasteiger partial charge is 0.423 e. The van der Waals surface area contributed by atoms with Gasteiger partial charge in [-0.3, -0.25) is 0 Å². The van der Waals surface area contributed by atoms with Gasteiger partial charge in [-0.25, -0.2) is 19.9 Å². The van der Waals surface area contributed by atoms with E-state index in [-0.39, 0.29) is 11.5 Å². The Labute approximate surface area is 167 Å². The number of nitrogens with zero attached hydrogens (tertiary/aromatic N) is 4. The predicted molar refractivity (Wildman–Crippen MR) is 100 cm³/mol. The van der Waals surface area contributed by atoms with Crippen molar-refractivity contribution >= 4 is 26.8 Å². The fourth-order valence-corrected chi connectivity index (χ4v) is 3.36. The zero-order valence-corrected chi connectivity index (χ0v) is 16.5. The molecule has 0 saturated heterocycles. The van der Waals surface area contributed by atoms with Crippen molar-refractivity contribution in [3.63, 3.8) is 0 Å². The van der Waals surface area contributed by atoms with E-state index >= 15 is 0 Å². The lowest BCUT2D eigenvalue weighted by atomic mass is 10.1. The van der Waals surface area contributed by atoms with Crippen molar-refractivity contribution in [3.8, 4) is 11.8 Å². The van der Waals surface area contributed by atoms with E-state index in [1.807, 2.05) is 6.92 Å². The van der Waals surface area contributed by atoms with E-state index in [1.54, 1.807) is 18.5 Å². The summed E-state index contributed by atoms with van der Waals surface area (Å²) in [5.41, 5.74) is 1.37. The monoisotopic (exact) mass is 452 g/mol. The maximum absolute atomic E-state index is 13.3. The summed E-state index contributed by atoms with van der Waals surface area (Å²) >= 11 is 3.32. The fourth-order valence-electron chi connectivity index (χ4n) is 2.94. The second kappa shape index (κ2) is 7.27. The second-order valence-corrected chi connectivity index (χ2v) is 7.83. The summed E-state index contributed by atoms with van der Waals surface area (Å²) < 4.78 is 46.3. The van der Waals surface area contributed by atoms with E-state index in [9.17, 15) is 13.2 Å². The molecule has 4 rings (SSSR count). The van der Waals surface area contributed by atoms with E-state index in [2.05, 4.69) is 35.9 Å². The van der Waals surface area contributed by atoms with Gasteiger partial charge in [0, 0.05) is 16.9 Å². The summed E-state index contributed by atoms with van der Waals surface area (Å²) in [5.74, 6) is -0.256. The molecule has 9 heteroatoms. The molecule has 0 bridgehead atoms. The van der Waals surface area contributed by atoms with Crippen LogP contribution in [-0.4, -0.2) is 19.9 Å². The largest absolute Gasteiger partial charge is 0.451 e. The molecule has 1 fully saturated rings. The standard InChI is InChI=1S/C19H16BrF3N4O/c1-10-8-24-18(25-9-10)28-15-7-12(20)6-14-16(15)13(5-4-11-2-3-11)26-17(27-14)19(21,22)23/h6-9,11H,2-5H2,1H3. The lowest BCUT2D eigenvalue weighted by molar-refractivity contribution is -0.144. The average molecular weight is 453 g/mol. The number of alkyl halides is 3. The van der Waals surface area contributed by atoms with E-state index < -0.39 is 12.0 Å². The van der Waals surface area contributed by atoms with Crippen molar-refractivity contribution in [3.05, 3.63) is 46.1 Å². The Morgan fingerprint density at radius 2 is 1.86 bits per heavy atom. The van der Waals surface area contributed by atoms with E-state index in [4.69, 9.17) is 4.74 Å². The van der Waals surface area contributed by atoms with Crippen LogP contribution in [0.4, 0.5) is 13.2 Å². The number of aromatic nitrogens is 4. The van der Waals surface area contributed by atoms with Crippen molar-refractivity contribution < 1.29 is 17.9 Å². The maximum atomic E-state index is 13.3. The van der Waals surface area contributed by atoms with E-state index in [0.717, 1.165) is 24.8 Å². The highest BCUT2D eigenvalue weighted by atomic mass is 79.9. The van der Waals surface area contributed by atoms with Gasteiger partial charge in [-0.1, -0.05) is 28.8 Å². The number of hydrogen-bond donors (Lipinski definition) is 0. The molecule has 146 valence electrons. The third-order valence-electron chi connectivity index (χ3n) is 4.50. The van der Waals surface area contributed by atoms with Crippen LogP contribution in [0.3, 0.4) is 0 Å². The number of aryl methyl sites for hydroxylation is 2. The Balaban J connectivity index is 1.84. The highest BCUT2D eigenvalue weighted by Gasteiger charge is 2.36. The van der Waals surface area contributed by atoms with Crippen LogP contribution in [0.1, 0.15) is 36.3 Å². The Bertz CT molecular complexity index is 1020. The summed E-state index contributed by atoms with van der Waals surface area (Å²) in [7, 11) is 0. The third kappa shape index (κ3) is 4.24. The van der Waals surface area contributed by atoms with Gasteiger partial charge < -0.3 is 4.74 Å². The van der Waals surface area contributed by atoms with Gasteiger partial charge in [-0.2, -0.15) is 13.2 Å². The quantitative estimate of drug-likeness (QED) is 0.500. The lowest BCUT2D eigenvalue weighted by Gasteiger charge is -2.14. The summed E-state index contributed by atoms with van der Waals surface area (Å²) in [5, 5.41) is 0.459. The molecule has 0 amide bonds. The molecule has 5 nitrogen and oxygen atoms in total. The number of fused-ring (bicyclic) bond motifs is 1. The van der Waals surface area contributed by atoms with Crippen LogP contribution in [0.15, 0.2) is 29.0 Å². The first kappa shape index (κ1) is 19.0. The van der Waals surface area contributed by atoms with Crippen LogP contribution in [0.2, 0.25) is 0 Å². The van der Waals surface area contributed by atoms with Gasteiger partial charge in [0.2, 0.25) is 5.82 Å². The average Bonchev–Trinajstić information content (AvgIpc) is 3.44. The summed E-state index contributed by atoms with van der Waals surface area (Å²) in [6.07, 6.45) is 2.04. The molecule has 0 aliphatic heterocycles. The minimum atomic E-state index is -4.62. The molecule has 28 heavy (non-hydrogen) atoms. The minimum absolute atomic E-state index is 0.109. The van der Waals surface area contributed by atoms with Crippen LogP contribution in [0.5, 0.6) is 11.8 Å². The van der Waals surface area contributed by atoms with Gasteiger partial charge in [0.15, 0.2) is 0 Å². The van der Waals surface area contributed by atoms with Crippen molar-refractivity contribution in [2.24, 2.45) is 5.92 Å². The molecule has 0 N–H and O–H groups in total. The van der Waals surface area contributed by atoms with Gasteiger partial charge in [0.25, 0.3) is 0 Å². The molecule has 0 radical (unpaired) electrons. The molecule has 2 aromatic heterocycles. The predicted octanol–water partition coefficient (Wildman–Crippen LogP) is 5.64. The van der Waals surface area contributed by atoms with Gasteiger partial charge in [-0.05, 0) is 43.4 Å². The number of rotatable bonds is 5. The van der Waals surface area contributed by atoms with Crippen LogP contribution < -0.4 is 4.74 Å². The number of hydrogen-bond acceptors (Lipinski definition) is 5. The van der Waals surface area contributed by atoms with Crippen molar-refractivity contribution in [2.45, 2.75) is 38.8 Å². The number of halogens is 4. The molecule has 0 atom stereocenters. The van der Waals surface area contributed by atoms with Crippen LogP contribution in [0, 0.1) is 12.8 Å². The van der Waals surface area contributed by atoms with Gasteiger partial charge in [-0.15, -0.1) is 0 Å². The number of benzene rings is 1. The van der Waals surface area contributed by atoms with Crippen LogP contribution in [-0.2, 0) is 12.6 Å². The first-order valence-electron chi connectivity index (χ1n) is 8.83. The Morgan fingerprint density at radius 3 is 2.50 bits per heavy atom. The number of ether oxygens (including phenoxy) is 1. The molecule has 0 unspecified atom stereocenters. The highest BCUT2D eigenvalue weighted by molar-refractivity contribution is 9.10. The first-order valence-corrected chi connectivity index (χ1v) is 9.63. The maximum Gasteiger partial charge on any atom is 0.451 e. The van der Waals surface area contributed by atoms with Crippen molar-refractivity contribution in [2.75, 3.05) is 0 Å². The van der Waals surface area contributed by atoms with Crippen LogP contribution >= 0.6 is 15.9 Å². The normalized spacial score (nSPS) is 14.5. The van der Waals surface area contributed by atoms with Gasteiger partial charge >= 0.3 is 12.2 Å². The molecule has 1 aliphatic carbocycles. The van der Waals surface area contributed by atoms with Gasteiger partial charge in [0.1, 0.15) is 5.75 Å². The summed E-state index contributed by atoms with van der Waals surface area (Å²) in [6.45, 7) is 1.85. The zero-order valence-electron chi connectivity index (χ0n) is 14.9. The molecule has 1 aliphatic rings. The molecule has 2 heterocycles. The molecular weight excluding hydrogens is 437 g/mol. The van der Waals surface area contributed by atoms with E-state index in [0.29, 0.717) is 33.6 Å². The fraction of sp³-hybridized carbons (Fsp3) is 0.368. The van der Waals surface area contributed by atoms with Gasteiger partial charge in [0.05, 0.1) is 16.6 Å². The van der Waals surface area contributed by atoms with Crippen LogP contribution in [0.25, 0.3) is 10.9 Å². The molecule has 3 aromatic rings. The minimum Gasteiger partial charge on any atom is -0.423 e. The lowest BCUT2D eigenvalue weighted by Crippen LogP contribution is -2.13. The molecule has 1 saturated carbocycles. The highest BCUT2D eigenvalue weighted by Crippen LogP contribution is 2.38. The SMILES string of the molecule is Cc1cnc(Oc2cc(Br)cc3nc(C(F)(F)F)nc(CCC4CC4)c23)nc1. The Morgan fingerprint density at radius 1 is 1.14 bits per heavy atom. The Hall–Kier alpha value is -2.29. The first-order chi connectivity index (χ1) is 13.3. The van der Waals surface area contributed by atoms with Crippen molar-refractivity contribution in [1.82, 2.24) is 19.9 Å².